The van der Waals surface area contributed by atoms with Crippen LogP contribution in [0.25, 0.3) is 0 Å². The molecule has 0 amide bonds. The Morgan fingerprint density at radius 2 is 1.58 bits per heavy atom. The van der Waals surface area contributed by atoms with Gasteiger partial charge >= 0.3 is 12.4 Å². The minimum atomic E-state index is -5.56. The maximum Gasteiger partial charge on any atom is 0.454 e. The Kier molecular flexibility index (Phi) is 4.97. The number of carbonyl (C=O) groups excluding carboxylic acids is 1. The zero-order valence-electron chi connectivity index (χ0n) is 13.7. The molecule has 2 rings (SSSR count). The van der Waals surface area contributed by atoms with Gasteiger partial charge in [0.05, 0.1) is 5.57 Å². The molecule has 0 radical (unpaired) electrons. The number of Topliss-reactive ketones (excluding diaryl/α,β-unsaturated/α-hetero) is 1. The van der Waals surface area contributed by atoms with Gasteiger partial charge in [-0.15, -0.1) is 0 Å². The largest absolute Gasteiger partial charge is 0.454 e. The molecule has 1 atom stereocenters. The third kappa shape index (κ3) is 3.48. The highest BCUT2D eigenvalue weighted by molar-refractivity contribution is 6.02. The van der Waals surface area contributed by atoms with Gasteiger partial charge in [0.2, 0.25) is 0 Å². The second-order valence-corrected chi connectivity index (χ2v) is 5.96. The summed E-state index contributed by atoms with van der Waals surface area (Å²) in [7, 11) is 0. The van der Waals surface area contributed by atoms with Crippen molar-refractivity contribution in [2.45, 2.75) is 38.5 Å². The fraction of sp³-hybridized carbons (Fsp3) is 0.353. The number of hydrogen-bond acceptors (Lipinski definition) is 3. The van der Waals surface area contributed by atoms with E-state index in [0.717, 1.165) is 11.6 Å². The van der Waals surface area contributed by atoms with Crippen molar-refractivity contribution in [1.82, 2.24) is 4.90 Å². The van der Waals surface area contributed by atoms with Gasteiger partial charge in [-0.1, -0.05) is 29.8 Å². The van der Waals surface area contributed by atoms with Gasteiger partial charge in [-0.25, -0.2) is 0 Å². The number of rotatable bonds is 3. The first-order chi connectivity index (χ1) is 11.8. The Labute approximate surface area is 145 Å². The summed E-state index contributed by atoms with van der Waals surface area (Å²) in [4.78, 5) is 11.9. The highest BCUT2D eigenvalue weighted by Crippen LogP contribution is 2.45. The SMILES string of the molecule is CC1=CC=C(C(=O)C(F)(F)F)C(O)(C(F)(F)F)N1Cc1ccc(C)cc1. The Morgan fingerprint density at radius 1 is 1.04 bits per heavy atom. The zero-order chi connectivity index (χ0) is 19.9. The number of hydrogen-bond donors (Lipinski definition) is 1. The van der Waals surface area contributed by atoms with Gasteiger partial charge < -0.3 is 10.0 Å². The zero-order valence-corrected chi connectivity index (χ0v) is 13.7. The summed E-state index contributed by atoms with van der Waals surface area (Å²) in [5.41, 5.74) is -4.85. The van der Waals surface area contributed by atoms with Crippen molar-refractivity contribution in [3.05, 3.63) is 58.8 Å². The van der Waals surface area contributed by atoms with Crippen LogP contribution in [0.15, 0.2) is 47.7 Å². The third-order valence-electron chi connectivity index (χ3n) is 4.04. The number of benzene rings is 1. The van der Waals surface area contributed by atoms with Gasteiger partial charge in [-0.3, -0.25) is 4.79 Å². The predicted octanol–water partition coefficient (Wildman–Crippen LogP) is 4.02. The van der Waals surface area contributed by atoms with Crippen molar-refractivity contribution in [3.63, 3.8) is 0 Å². The Balaban J connectivity index is 2.56. The summed E-state index contributed by atoms with van der Waals surface area (Å²) >= 11 is 0. The molecule has 0 aliphatic carbocycles. The minimum Gasteiger partial charge on any atom is -0.360 e. The van der Waals surface area contributed by atoms with Crippen molar-refractivity contribution in [2.24, 2.45) is 0 Å². The van der Waals surface area contributed by atoms with Crippen LogP contribution in [0.4, 0.5) is 26.3 Å². The predicted molar refractivity (Wildman–Crippen MR) is 80.6 cm³/mol. The lowest BCUT2D eigenvalue weighted by atomic mass is 9.91. The molecular weight excluding hydrogens is 364 g/mol. The van der Waals surface area contributed by atoms with Gasteiger partial charge in [0.25, 0.3) is 11.5 Å². The number of ketones is 1. The van der Waals surface area contributed by atoms with Crippen LogP contribution < -0.4 is 0 Å². The molecule has 3 nitrogen and oxygen atoms in total. The monoisotopic (exact) mass is 379 g/mol. The van der Waals surface area contributed by atoms with E-state index in [1.54, 1.807) is 19.1 Å². The molecule has 0 bridgehead atoms. The number of nitrogens with zero attached hydrogens (tertiary/aromatic N) is 1. The number of aliphatic hydroxyl groups is 1. The van der Waals surface area contributed by atoms with E-state index in [2.05, 4.69) is 0 Å². The van der Waals surface area contributed by atoms with Gasteiger partial charge in [-0.05, 0) is 31.6 Å². The molecule has 0 aromatic heterocycles. The molecule has 1 aliphatic rings. The van der Waals surface area contributed by atoms with Crippen LogP contribution in [0, 0.1) is 6.92 Å². The fourth-order valence-electron chi connectivity index (χ4n) is 2.62. The molecule has 0 saturated carbocycles. The van der Waals surface area contributed by atoms with E-state index < -0.39 is 36.0 Å². The van der Waals surface area contributed by atoms with Crippen LogP contribution in [0.5, 0.6) is 0 Å². The summed E-state index contributed by atoms with van der Waals surface area (Å²) < 4.78 is 79.2. The van der Waals surface area contributed by atoms with Gasteiger partial charge in [-0.2, -0.15) is 26.3 Å². The number of halogens is 6. The van der Waals surface area contributed by atoms with Crippen LogP contribution in [0.2, 0.25) is 0 Å². The van der Waals surface area contributed by atoms with E-state index in [1.165, 1.54) is 19.1 Å². The first-order valence-corrected chi connectivity index (χ1v) is 7.41. The van der Waals surface area contributed by atoms with Crippen molar-refractivity contribution in [1.29, 1.82) is 0 Å². The maximum atomic E-state index is 13.6. The van der Waals surface area contributed by atoms with Crippen molar-refractivity contribution in [2.75, 3.05) is 0 Å². The maximum absolute atomic E-state index is 13.6. The second-order valence-electron chi connectivity index (χ2n) is 5.96. The molecule has 1 aromatic carbocycles. The Hall–Kier alpha value is -2.29. The van der Waals surface area contributed by atoms with E-state index in [0.29, 0.717) is 16.5 Å². The highest BCUT2D eigenvalue weighted by Gasteiger charge is 2.65. The van der Waals surface area contributed by atoms with Crippen molar-refractivity contribution in [3.8, 4) is 0 Å². The van der Waals surface area contributed by atoms with Gasteiger partial charge in [0.15, 0.2) is 0 Å². The van der Waals surface area contributed by atoms with Crippen LogP contribution in [0.1, 0.15) is 18.1 Å². The summed E-state index contributed by atoms with van der Waals surface area (Å²) in [5.74, 6) is -2.74. The van der Waals surface area contributed by atoms with E-state index in [9.17, 15) is 36.2 Å². The fourth-order valence-corrected chi connectivity index (χ4v) is 2.62. The lowest BCUT2D eigenvalue weighted by Crippen LogP contribution is -2.62. The van der Waals surface area contributed by atoms with E-state index in [4.69, 9.17) is 0 Å². The molecule has 1 N–H and O–H groups in total. The van der Waals surface area contributed by atoms with Crippen molar-refractivity contribution < 1.29 is 36.2 Å². The molecule has 1 heterocycles. The van der Waals surface area contributed by atoms with E-state index in [-0.39, 0.29) is 5.70 Å². The third-order valence-corrected chi connectivity index (χ3v) is 4.04. The molecular formula is C17H15F6NO2. The highest BCUT2D eigenvalue weighted by atomic mass is 19.4. The van der Waals surface area contributed by atoms with Crippen LogP contribution in [0.3, 0.4) is 0 Å². The molecule has 1 unspecified atom stereocenters. The summed E-state index contributed by atoms with van der Waals surface area (Å²) in [6, 6.07) is 6.21. The molecule has 0 spiro atoms. The van der Waals surface area contributed by atoms with Gasteiger partial charge in [0, 0.05) is 12.2 Å². The lowest BCUT2D eigenvalue weighted by Gasteiger charge is -2.45. The second kappa shape index (κ2) is 6.46. The standard InChI is InChI=1S/C17H15F6NO2/c1-10-3-6-12(7-4-10)9-24-11(2)5-8-13(14(25)16(18,19)20)15(24,26)17(21,22)23/h3-8,26H,9H2,1-2H3. The normalized spacial score (nSPS) is 21.3. The summed E-state index contributed by atoms with van der Waals surface area (Å²) in [6.45, 7) is 2.42. The molecule has 0 fully saturated rings. The minimum absolute atomic E-state index is 0.135. The molecule has 1 aliphatic heterocycles. The molecule has 26 heavy (non-hydrogen) atoms. The Morgan fingerprint density at radius 3 is 2.04 bits per heavy atom. The molecule has 142 valence electrons. The Bertz CT molecular complexity index is 761. The molecule has 1 aromatic rings. The number of carbonyl (C=O) groups is 1. The topological polar surface area (TPSA) is 40.5 Å². The number of allylic oxidation sites excluding steroid dienone is 3. The molecule has 0 saturated heterocycles. The summed E-state index contributed by atoms with van der Waals surface area (Å²) in [6.07, 6.45) is -9.79. The number of alkyl halides is 6. The smallest absolute Gasteiger partial charge is 0.360 e. The summed E-state index contributed by atoms with van der Waals surface area (Å²) in [5, 5.41) is 10.3. The first-order valence-electron chi connectivity index (χ1n) is 7.41. The number of aryl methyl sites for hydroxylation is 1. The van der Waals surface area contributed by atoms with Crippen LogP contribution >= 0.6 is 0 Å². The lowest BCUT2D eigenvalue weighted by molar-refractivity contribution is -0.295. The van der Waals surface area contributed by atoms with E-state index >= 15 is 0 Å². The van der Waals surface area contributed by atoms with Crippen LogP contribution in [-0.2, 0) is 11.3 Å². The van der Waals surface area contributed by atoms with Crippen LogP contribution in [-0.4, -0.2) is 33.9 Å². The average molecular weight is 379 g/mol. The quantitative estimate of drug-likeness (QED) is 0.807. The first kappa shape index (κ1) is 20.0. The average Bonchev–Trinajstić information content (AvgIpc) is 2.50. The van der Waals surface area contributed by atoms with Crippen molar-refractivity contribution >= 4 is 5.78 Å². The molecule has 9 heteroatoms. The van der Waals surface area contributed by atoms with Gasteiger partial charge in [0.1, 0.15) is 0 Å². The van der Waals surface area contributed by atoms with E-state index in [1.807, 2.05) is 0 Å².